The van der Waals surface area contributed by atoms with Gasteiger partial charge >= 0.3 is 6.16 Å². The fourth-order valence-electron chi connectivity index (χ4n) is 3.46. The minimum atomic E-state index is -1.13. The van der Waals surface area contributed by atoms with Crippen molar-refractivity contribution in [2.45, 2.75) is 0 Å². The molecule has 0 spiro atoms. The van der Waals surface area contributed by atoms with E-state index in [0.29, 0.717) is 22.3 Å². The molecule has 0 aliphatic heterocycles. The van der Waals surface area contributed by atoms with E-state index in [9.17, 15) is 25.0 Å². The largest absolute Gasteiger partial charge is 0.519 e. The summed E-state index contributed by atoms with van der Waals surface area (Å²) in [6.45, 7) is 0. The molecule has 0 amide bonds. The number of nitro benzene ring substituents is 2. The summed E-state index contributed by atoms with van der Waals surface area (Å²) in [5.41, 5.74) is 1.43. The number of carbonyl (C=O) groups is 1. The van der Waals surface area contributed by atoms with Gasteiger partial charge in [0.05, 0.1) is 31.0 Å². The third-order valence-electron chi connectivity index (χ3n) is 5.07. The van der Waals surface area contributed by atoms with Crippen molar-refractivity contribution >= 4 is 40.7 Å². The van der Waals surface area contributed by atoms with Crippen molar-refractivity contribution in [1.29, 1.82) is 0 Å². The van der Waals surface area contributed by atoms with Gasteiger partial charge in [0.25, 0.3) is 11.4 Å². The fraction of sp³-hybridized carbons (Fsp3) is 0. The Morgan fingerprint density at radius 1 is 0.639 bits per heavy atom. The number of nitrogens with zero attached hydrogens (tertiary/aromatic N) is 2. The minimum Gasteiger partial charge on any atom is -0.393 e. The van der Waals surface area contributed by atoms with E-state index in [2.05, 4.69) is 0 Å². The first-order valence-corrected chi connectivity index (χ1v) is 11.0. The lowest BCUT2D eigenvalue weighted by Gasteiger charge is -2.11. The Balaban J connectivity index is 1.51. The first-order chi connectivity index (χ1) is 17.2. The molecule has 0 heterocycles. The molecule has 0 N–H and O–H groups in total. The molecule has 0 unspecified atom stereocenters. The lowest BCUT2D eigenvalue weighted by atomic mass is 10.0. The number of carbonyl (C=O) groups excluding carboxylic acids is 1. The second kappa shape index (κ2) is 10.4. The zero-order chi connectivity index (χ0) is 25.8. The average molecular weight is 525 g/mol. The molecule has 0 atom stereocenters. The maximum absolute atomic E-state index is 12.3. The van der Waals surface area contributed by atoms with Crippen molar-refractivity contribution in [3.05, 3.63) is 115 Å². The molecule has 36 heavy (non-hydrogen) atoms. The monoisotopic (exact) mass is 524 g/mol. The number of nitro groups is 2. The van der Waals surface area contributed by atoms with Gasteiger partial charge in [-0.15, -0.1) is 0 Å². The van der Waals surface area contributed by atoms with E-state index in [1.54, 1.807) is 36.4 Å². The zero-order valence-corrected chi connectivity index (χ0v) is 19.6. The molecule has 4 aromatic rings. The van der Waals surface area contributed by atoms with E-state index in [-0.39, 0.29) is 32.9 Å². The summed E-state index contributed by atoms with van der Waals surface area (Å²) >= 11 is 12.5. The molecule has 11 heteroatoms. The summed E-state index contributed by atoms with van der Waals surface area (Å²) in [7, 11) is 0. The van der Waals surface area contributed by atoms with Crippen LogP contribution in [0.4, 0.5) is 16.2 Å². The van der Waals surface area contributed by atoms with Crippen LogP contribution in [0.3, 0.4) is 0 Å². The molecule has 0 aromatic heterocycles. The summed E-state index contributed by atoms with van der Waals surface area (Å²) in [6, 6.07) is 21.0. The molecule has 0 fully saturated rings. The maximum atomic E-state index is 12.3. The summed E-state index contributed by atoms with van der Waals surface area (Å²) < 4.78 is 10.3. The molecule has 4 aromatic carbocycles. The van der Waals surface area contributed by atoms with Gasteiger partial charge in [0.2, 0.25) is 0 Å². The number of ether oxygens (including phenoxy) is 2. The lowest BCUT2D eigenvalue weighted by Crippen LogP contribution is -2.14. The Labute approximate surface area is 213 Å². The Bertz CT molecular complexity index is 1400. The normalized spacial score (nSPS) is 10.5. The first kappa shape index (κ1) is 24.6. The van der Waals surface area contributed by atoms with Gasteiger partial charge < -0.3 is 9.47 Å². The molecule has 0 radical (unpaired) electrons. The summed E-state index contributed by atoms with van der Waals surface area (Å²) in [4.78, 5) is 33.9. The van der Waals surface area contributed by atoms with Gasteiger partial charge in [0, 0.05) is 12.1 Å². The first-order valence-electron chi connectivity index (χ1n) is 10.2. The smallest absolute Gasteiger partial charge is 0.393 e. The zero-order valence-electron chi connectivity index (χ0n) is 18.1. The highest BCUT2D eigenvalue weighted by molar-refractivity contribution is 6.33. The van der Waals surface area contributed by atoms with Gasteiger partial charge in [-0.25, -0.2) is 4.79 Å². The van der Waals surface area contributed by atoms with Crippen molar-refractivity contribution in [1.82, 2.24) is 0 Å². The van der Waals surface area contributed by atoms with Gasteiger partial charge in [-0.2, -0.15) is 0 Å². The average Bonchev–Trinajstić information content (AvgIpc) is 2.86. The SMILES string of the molecule is O=C(Oc1ccc(-c2ccccc2[N+](=O)[O-])cc1Cl)Oc1ccc(-c2ccccc2[N+](=O)[O-])cc1Cl. The highest BCUT2D eigenvalue weighted by Crippen LogP contribution is 2.37. The van der Waals surface area contributed by atoms with Crippen LogP contribution in [0.15, 0.2) is 84.9 Å². The van der Waals surface area contributed by atoms with Crippen LogP contribution in [0.25, 0.3) is 22.3 Å². The number of para-hydroxylation sites is 2. The van der Waals surface area contributed by atoms with Gasteiger partial charge in [-0.05, 0) is 47.5 Å². The summed E-state index contributed by atoms with van der Waals surface area (Å²) in [6.07, 6.45) is -1.13. The van der Waals surface area contributed by atoms with Crippen molar-refractivity contribution in [2.24, 2.45) is 0 Å². The predicted molar refractivity (Wildman–Crippen MR) is 134 cm³/mol. The molecule has 180 valence electrons. The van der Waals surface area contributed by atoms with Crippen LogP contribution < -0.4 is 9.47 Å². The van der Waals surface area contributed by atoms with E-state index >= 15 is 0 Å². The Kier molecular flexibility index (Phi) is 7.14. The van der Waals surface area contributed by atoms with E-state index in [0.717, 1.165) is 0 Å². The molecular weight excluding hydrogens is 511 g/mol. The molecule has 9 nitrogen and oxygen atoms in total. The van der Waals surface area contributed by atoms with E-state index in [1.165, 1.54) is 48.5 Å². The second-order valence-corrected chi connectivity index (χ2v) is 8.11. The molecule has 0 aliphatic rings. The summed E-state index contributed by atoms with van der Waals surface area (Å²) in [5.74, 6) is -0.0618. The van der Waals surface area contributed by atoms with E-state index in [1.807, 2.05) is 0 Å². The van der Waals surface area contributed by atoms with Crippen molar-refractivity contribution in [3.8, 4) is 33.8 Å². The highest BCUT2D eigenvalue weighted by Gasteiger charge is 2.19. The van der Waals surface area contributed by atoms with Gasteiger partial charge in [0.1, 0.15) is 0 Å². The van der Waals surface area contributed by atoms with Crippen LogP contribution in [0, 0.1) is 20.2 Å². The number of rotatable bonds is 6. The molecule has 0 bridgehead atoms. The number of halogens is 2. The topological polar surface area (TPSA) is 122 Å². The summed E-state index contributed by atoms with van der Waals surface area (Å²) in [5, 5.41) is 22.6. The van der Waals surface area contributed by atoms with Crippen molar-refractivity contribution < 1.29 is 24.1 Å². The second-order valence-electron chi connectivity index (χ2n) is 7.29. The number of hydrogen-bond acceptors (Lipinski definition) is 7. The van der Waals surface area contributed by atoms with Gasteiger partial charge in [0.15, 0.2) is 11.5 Å². The predicted octanol–water partition coefficient (Wildman–Crippen LogP) is 7.72. The standard InChI is InChI=1S/C25H14Cl2N2O7/c26-19-13-15(17-5-1-3-7-21(17)28(31)32)9-11-23(19)35-25(30)36-24-12-10-16(14-20(24)27)18-6-2-4-8-22(18)29(33)34/h1-14H. The number of hydrogen-bond donors (Lipinski definition) is 0. The Morgan fingerprint density at radius 3 is 1.39 bits per heavy atom. The fourth-order valence-corrected chi connectivity index (χ4v) is 3.89. The third-order valence-corrected chi connectivity index (χ3v) is 5.66. The van der Waals surface area contributed by atoms with Crippen LogP contribution in [0.5, 0.6) is 11.5 Å². The maximum Gasteiger partial charge on any atom is 0.519 e. The molecule has 0 saturated carbocycles. The Hall–Kier alpha value is -4.47. The Morgan fingerprint density at radius 2 is 1.03 bits per heavy atom. The molecule has 0 saturated heterocycles. The quantitative estimate of drug-likeness (QED) is 0.109. The van der Waals surface area contributed by atoms with Crippen molar-refractivity contribution in [2.75, 3.05) is 0 Å². The van der Waals surface area contributed by atoms with E-state index in [4.69, 9.17) is 32.7 Å². The van der Waals surface area contributed by atoms with Crippen LogP contribution >= 0.6 is 23.2 Å². The van der Waals surface area contributed by atoms with Gasteiger partial charge in [-0.3, -0.25) is 20.2 Å². The van der Waals surface area contributed by atoms with Gasteiger partial charge in [-0.1, -0.05) is 59.6 Å². The van der Waals surface area contributed by atoms with Crippen LogP contribution in [0.1, 0.15) is 0 Å². The number of benzene rings is 4. The lowest BCUT2D eigenvalue weighted by molar-refractivity contribution is -0.384. The van der Waals surface area contributed by atoms with Crippen LogP contribution in [-0.4, -0.2) is 16.0 Å². The van der Waals surface area contributed by atoms with Crippen LogP contribution in [0.2, 0.25) is 10.0 Å². The molecular formula is C25H14Cl2N2O7. The molecule has 0 aliphatic carbocycles. The molecule has 4 rings (SSSR count). The third kappa shape index (κ3) is 5.27. The minimum absolute atomic E-state index is 0.0282. The van der Waals surface area contributed by atoms with Crippen molar-refractivity contribution in [3.63, 3.8) is 0 Å². The highest BCUT2D eigenvalue weighted by atomic mass is 35.5. The van der Waals surface area contributed by atoms with Crippen LogP contribution in [-0.2, 0) is 0 Å². The van der Waals surface area contributed by atoms with E-state index < -0.39 is 16.0 Å².